The number of hydrogen-bond donors (Lipinski definition) is 0. The lowest BCUT2D eigenvalue weighted by atomic mass is 10.1. The van der Waals surface area contributed by atoms with E-state index in [0.29, 0.717) is 0 Å². The number of thioether (sulfide) groups is 1. The van der Waals surface area contributed by atoms with E-state index in [2.05, 4.69) is 18.8 Å². The van der Waals surface area contributed by atoms with Gasteiger partial charge in [0.15, 0.2) is 0 Å². The highest BCUT2D eigenvalue weighted by atomic mass is 32.2. The number of rotatable bonds is 5. The Kier molecular flexibility index (Phi) is 4.11. The van der Waals surface area contributed by atoms with Crippen LogP contribution in [0.4, 0.5) is 0 Å². The summed E-state index contributed by atoms with van der Waals surface area (Å²) in [5.74, 6) is 3.01. The van der Waals surface area contributed by atoms with Crippen molar-refractivity contribution in [2.24, 2.45) is 4.99 Å². The van der Waals surface area contributed by atoms with Crippen molar-refractivity contribution in [3.63, 3.8) is 0 Å². The Morgan fingerprint density at radius 1 is 1.35 bits per heavy atom. The SMILES string of the molecule is CCCSCC1(C)CN=C(c2ccccc2)O1. The van der Waals surface area contributed by atoms with Crippen molar-refractivity contribution >= 4 is 17.7 Å². The summed E-state index contributed by atoms with van der Waals surface area (Å²) >= 11 is 1.95. The van der Waals surface area contributed by atoms with Crippen LogP contribution in [0.5, 0.6) is 0 Å². The molecular formula is C14H19NOS. The molecule has 2 rings (SSSR count). The summed E-state index contributed by atoms with van der Waals surface area (Å²) in [5, 5.41) is 0. The Labute approximate surface area is 107 Å². The van der Waals surface area contributed by atoms with E-state index in [1.54, 1.807) is 0 Å². The first-order valence-electron chi connectivity index (χ1n) is 6.10. The molecule has 0 aromatic heterocycles. The molecule has 0 saturated carbocycles. The van der Waals surface area contributed by atoms with Gasteiger partial charge in [-0.15, -0.1) is 0 Å². The van der Waals surface area contributed by atoms with Crippen LogP contribution in [0.15, 0.2) is 35.3 Å². The number of ether oxygens (including phenoxy) is 1. The van der Waals surface area contributed by atoms with Gasteiger partial charge in [0.05, 0.1) is 6.54 Å². The van der Waals surface area contributed by atoms with E-state index >= 15 is 0 Å². The molecule has 17 heavy (non-hydrogen) atoms. The maximum atomic E-state index is 6.01. The van der Waals surface area contributed by atoms with Gasteiger partial charge in [-0.25, -0.2) is 4.99 Å². The van der Waals surface area contributed by atoms with Crippen molar-refractivity contribution < 1.29 is 4.74 Å². The van der Waals surface area contributed by atoms with Crippen molar-refractivity contribution in [1.82, 2.24) is 0 Å². The lowest BCUT2D eigenvalue weighted by molar-refractivity contribution is 0.136. The molecule has 1 aliphatic rings. The minimum Gasteiger partial charge on any atom is -0.468 e. The second-order valence-electron chi connectivity index (χ2n) is 4.59. The molecular weight excluding hydrogens is 230 g/mol. The number of hydrogen-bond acceptors (Lipinski definition) is 3. The van der Waals surface area contributed by atoms with E-state index in [-0.39, 0.29) is 5.60 Å². The van der Waals surface area contributed by atoms with Crippen LogP contribution in [0.3, 0.4) is 0 Å². The molecule has 1 aliphatic heterocycles. The summed E-state index contributed by atoms with van der Waals surface area (Å²) in [5.41, 5.74) is 0.960. The predicted octanol–water partition coefficient (Wildman–Crippen LogP) is 3.37. The number of benzene rings is 1. The molecule has 0 spiro atoms. The molecule has 0 aliphatic carbocycles. The van der Waals surface area contributed by atoms with Crippen LogP contribution in [-0.4, -0.2) is 29.5 Å². The van der Waals surface area contributed by atoms with Crippen molar-refractivity contribution in [3.05, 3.63) is 35.9 Å². The van der Waals surface area contributed by atoms with Crippen LogP contribution in [-0.2, 0) is 4.74 Å². The van der Waals surface area contributed by atoms with Gasteiger partial charge in [0.2, 0.25) is 5.90 Å². The van der Waals surface area contributed by atoms with E-state index in [0.717, 1.165) is 23.8 Å². The standard InChI is InChI=1S/C14H19NOS/c1-3-9-17-11-14(2)10-15-13(16-14)12-7-5-4-6-8-12/h4-8H,3,9-11H2,1-2H3. The monoisotopic (exact) mass is 249 g/mol. The van der Waals surface area contributed by atoms with Crippen LogP contribution in [0.2, 0.25) is 0 Å². The van der Waals surface area contributed by atoms with Gasteiger partial charge in [0.1, 0.15) is 5.60 Å². The molecule has 1 unspecified atom stereocenters. The van der Waals surface area contributed by atoms with Gasteiger partial charge >= 0.3 is 0 Å². The van der Waals surface area contributed by atoms with E-state index in [1.165, 1.54) is 12.2 Å². The van der Waals surface area contributed by atoms with Gasteiger partial charge in [0, 0.05) is 11.3 Å². The molecule has 2 nitrogen and oxygen atoms in total. The van der Waals surface area contributed by atoms with Gasteiger partial charge in [-0.1, -0.05) is 25.1 Å². The quantitative estimate of drug-likeness (QED) is 0.746. The molecule has 92 valence electrons. The molecule has 0 radical (unpaired) electrons. The van der Waals surface area contributed by atoms with Gasteiger partial charge in [-0.3, -0.25) is 0 Å². The highest BCUT2D eigenvalue weighted by Gasteiger charge is 2.33. The molecule has 1 heterocycles. The highest BCUT2D eigenvalue weighted by Crippen LogP contribution is 2.25. The minimum atomic E-state index is -0.120. The Morgan fingerprint density at radius 2 is 2.12 bits per heavy atom. The Balaban J connectivity index is 1.94. The average molecular weight is 249 g/mol. The van der Waals surface area contributed by atoms with Crippen molar-refractivity contribution in [2.45, 2.75) is 25.9 Å². The Bertz CT molecular complexity index is 390. The van der Waals surface area contributed by atoms with Gasteiger partial charge in [-0.05, 0) is 31.2 Å². The van der Waals surface area contributed by atoms with E-state index in [4.69, 9.17) is 4.74 Å². The molecule has 3 heteroatoms. The van der Waals surface area contributed by atoms with Crippen molar-refractivity contribution in [1.29, 1.82) is 0 Å². The highest BCUT2D eigenvalue weighted by molar-refractivity contribution is 7.99. The fourth-order valence-electron chi connectivity index (χ4n) is 1.78. The summed E-state index contributed by atoms with van der Waals surface area (Å²) in [6, 6.07) is 10.1. The first-order valence-corrected chi connectivity index (χ1v) is 7.26. The third-order valence-corrected chi connectivity index (χ3v) is 4.19. The first-order chi connectivity index (χ1) is 8.23. The maximum absolute atomic E-state index is 6.01. The lowest BCUT2D eigenvalue weighted by Gasteiger charge is -2.23. The normalized spacial score (nSPS) is 23.3. The molecule has 0 N–H and O–H groups in total. The summed E-state index contributed by atoms with van der Waals surface area (Å²) in [4.78, 5) is 4.52. The Morgan fingerprint density at radius 3 is 2.82 bits per heavy atom. The second kappa shape index (κ2) is 5.58. The summed E-state index contributed by atoms with van der Waals surface area (Å²) in [7, 11) is 0. The molecule has 0 fully saturated rings. The smallest absolute Gasteiger partial charge is 0.216 e. The largest absolute Gasteiger partial charge is 0.468 e. The zero-order valence-corrected chi connectivity index (χ0v) is 11.3. The van der Waals surface area contributed by atoms with Crippen LogP contribution in [0, 0.1) is 0 Å². The first kappa shape index (κ1) is 12.5. The third-order valence-electron chi connectivity index (χ3n) is 2.68. The second-order valence-corrected chi connectivity index (χ2v) is 5.70. The van der Waals surface area contributed by atoms with Crippen LogP contribution >= 0.6 is 11.8 Å². The molecule has 0 bridgehead atoms. The Hall–Kier alpha value is -0.960. The summed E-state index contributed by atoms with van der Waals surface area (Å²) < 4.78 is 6.01. The lowest BCUT2D eigenvalue weighted by Crippen LogP contribution is -2.32. The van der Waals surface area contributed by atoms with E-state index in [1.807, 2.05) is 42.1 Å². The van der Waals surface area contributed by atoms with Crippen LogP contribution in [0.1, 0.15) is 25.8 Å². The average Bonchev–Trinajstić information content (AvgIpc) is 2.74. The van der Waals surface area contributed by atoms with Crippen LogP contribution in [0.25, 0.3) is 0 Å². The van der Waals surface area contributed by atoms with E-state index in [9.17, 15) is 0 Å². The van der Waals surface area contributed by atoms with Crippen molar-refractivity contribution in [3.8, 4) is 0 Å². The van der Waals surface area contributed by atoms with Gasteiger partial charge in [0.25, 0.3) is 0 Å². The molecule has 1 aromatic carbocycles. The fraction of sp³-hybridized carbons (Fsp3) is 0.500. The summed E-state index contributed by atoms with van der Waals surface area (Å²) in [6.45, 7) is 5.12. The zero-order chi connectivity index (χ0) is 12.1. The molecule has 1 aromatic rings. The third kappa shape index (κ3) is 3.25. The minimum absolute atomic E-state index is 0.120. The predicted molar refractivity (Wildman–Crippen MR) is 75.0 cm³/mol. The zero-order valence-electron chi connectivity index (χ0n) is 10.5. The summed E-state index contributed by atoms with van der Waals surface area (Å²) in [6.07, 6.45) is 1.22. The number of nitrogens with zero attached hydrogens (tertiary/aromatic N) is 1. The molecule has 0 amide bonds. The molecule has 1 atom stereocenters. The van der Waals surface area contributed by atoms with Crippen LogP contribution < -0.4 is 0 Å². The van der Waals surface area contributed by atoms with Crippen molar-refractivity contribution in [2.75, 3.05) is 18.1 Å². The van der Waals surface area contributed by atoms with E-state index < -0.39 is 0 Å². The molecule has 0 saturated heterocycles. The maximum Gasteiger partial charge on any atom is 0.216 e. The number of aliphatic imine (C=N–C) groups is 1. The fourth-order valence-corrected chi connectivity index (χ4v) is 2.79. The van der Waals surface area contributed by atoms with Gasteiger partial charge in [-0.2, -0.15) is 11.8 Å². The topological polar surface area (TPSA) is 21.6 Å². The van der Waals surface area contributed by atoms with Gasteiger partial charge < -0.3 is 4.74 Å².